The van der Waals surface area contributed by atoms with Crippen LogP contribution in [0, 0.1) is 0 Å². The lowest BCUT2D eigenvalue weighted by atomic mass is 10.1. The van der Waals surface area contributed by atoms with Crippen molar-refractivity contribution in [2.24, 2.45) is 0 Å². The van der Waals surface area contributed by atoms with Crippen LogP contribution in [0.1, 0.15) is 20.7 Å². The average Bonchev–Trinajstić information content (AvgIpc) is 3.13. The molecule has 0 radical (unpaired) electrons. The summed E-state index contributed by atoms with van der Waals surface area (Å²) < 4.78 is 5.69. The second-order valence-electron chi connectivity index (χ2n) is 5.40. The van der Waals surface area contributed by atoms with E-state index in [-0.39, 0.29) is 22.1 Å². The van der Waals surface area contributed by atoms with E-state index in [1.54, 1.807) is 37.4 Å². The molecule has 1 heterocycles. The van der Waals surface area contributed by atoms with Crippen LogP contribution in [0.15, 0.2) is 46.8 Å². The highest BCUT2D eigenvalue weighted by Gasteiger charge is 2.15. The molecule has 28 heavy (non-hydrogen) atoms. The highest BCUT2D eigenvalue weighted by Crippen LogP contribution is 2.28. The molecule has 0 aliphatic rings. The van der Waals surface area contributed by atoms with Crippen molar-refractivity contribution in [1.29, 1.82) is 0 Å². The van der Waals surface area contributed by atoms with Crippen LogP contribution >= 0.6 is 46.3 Å². The Bertz CT molecular complexity index is 1030. The van der Waals surface area contributed by atoms with Crippen LogP contribution in [0.3, 0.4) is 0 Å². The van der Waals surface area contributed by atoms with Crippen LogP contribution in [-0.2, 0) is 0 Å². The molecule has 0 bridgehead atoms. The maximum absolute atomic E-state index is 12.3. The zero-order valence-electron chi connectivity index (χ0n) is 14.4. The predicted octanol–water partition coefficient (Wildman–Crippen LogP) is 5.08. The minimum absolute atomic E-state index is 0.0577. The number of anilines is 1. The molecule has 1 aromatic heterocycles. The maximum Gasteiger partial charge on any atom is 0.259 e. The first kappa shape index (κ1) is 20.6. The SMILES string of the molecule is COc1cccc(C(=O)CSc2nnc(NC(=O)c3ccc(Cl)cc3Cl)s2)c1. The second-order valence-corrected chi connectivity index (χ2v) is 8.44. The maximum atomic E-state index is 12.3. The number of Topliss-reactive ketones (excluding diaryl/α,β-unsaturated/α-hetero) is 1. The summed E-state index contributed by atoms with van der Waals surface area (Å²) in [5, 5.41) is 11.5. The Morgan fingerprint density at radius 3 is 2.75 bits per heavy atom. The van der Waals surface area contributed by atoms with E-state index in [1.807, 2.05) is 0 Å². The van der Waals surface area contributed by atoms with Crippen molar-refractivity contribution in [2.75, 3.05) is 18.2 Å². The number of carbonyl (C=O) groups excluding carboxylic acids is 2. The molecule has 0 saturated heterocycles. The van der Waals surface area contributed by atoms with Gasteiger partial charge in [-0.15, -0.1) is 10.2 Å². The number of methoxy groups -OCH3 is 1. The topological polar surface area (TPSA) is 81.2 Å². The number of nitrogens with zero attached hydrogens (tertiary/aromatic N) is 2. The fraction of sp³-hybridized carbons (Fsp3) is 0.111. The van der Waals surface area contributed by atoms with E-state index in [0.29, 0.717) is 25.8 Å². The van der Waals surface area contributed by atoms with Gasteiger partial charge in [0.05, 0.1) is 23.4 Å². The van der Waals surface area contributed by atoms with Crippen molar-refractivity contribution in [3.63, 3.8) is 0 Å². The van der Waals surface area contributed by atoms with E-state index in [1.165, 1.54) is 35.2 Å². The number of hydrogen-bond acceptors (Lipinski definition) is 7. The number of nitrogens with one attached hydrogen (secondary N) is 1. The Kier molecular flexibility index (Phi) is 6.90. The molecule has 144 valence electrons. The Morgan fingerprint density at radius 1 is 1.18 bits per heavy atom. The Morgan fingerprint density at radius 2 is 2.00 bits per heavy atom. The van der Waals surface area contributed by atoms with Gasteiger partial charge in [0.1, 0.15) is 5.75 Å². The largest absolute Gasteiger partial charge is 0.497 e. The summed E-state index contributed by atoms with van der Waals surface area (Å²) in [6.45, 7) is 0. The quantitative estimate of drug-likeness (QED) is 0.305. The first-order valence-electron chi connectivity index (χ1n) is 7.86. The first-order valence-corrected chi connectivity index (χ1v) is 10.4. The lowest BCUT2D eigenvalue weighted by Crippen LogP contribution is -2.12. The van der Waals surface area contributed by atoms with Crippen LogP contribution in [0.2, 0.25) is 10.0 Å². The summed E-state index contributed by atoms with van der Waals surface area (Å²) in [6, 6.07) is 11.5. The molecule has 3 aromatic rings. The first-order chi connectivity index (χ1) is 13.5. The molecule has 3 rings (SSSR count). The highest BCUT2D eigenvalue weighted by molar-refractivity contribution is 8.01. The Labute approximate surface area is 179 Å². The van der Waals surface area contributed by atoms with Crippen LogP contribution in [0.25, 0.3) is 0 Å². The lowest BCUT2D eigenvalue weighted by molar-refractivity contribution is 0.101. The monoisotopic (exact) mass is 453 g/mol. The molecule has 1 amide bonds. The van der Waals surface area contributed by atoms with Gasteiger partial charge in [-0.25, -0.2) is 0 Å². The number of carbonyl (C=O) groups is 2. The average molecular weight is 454 g/mol. The van der Waals surface area contributed by atoms with E-state index in [4.69, 9.17) is 27.9 Å². The zero-order chi connectivity index (χ0) is 20.1. The number of amides is 1. The molecule has 2 aromatic carbocycles. The van der Waals surface area contributed by atoms with E-state index in [9.17, 15) is 9.59 Å². The summed E-state index contributed by atoms with van der Waals surface area (Å²) in [4.78, 5) is 24.6. The Hall–Kier alpha value is -2.13. The fourth-order valence-electron chi connectivity index (χ4n) is 2.16. The Balaban J connectivity index is 1.59. The van der Waals surface area contributed by atoms with Gasteiger partial charge in [0.25, 0.3) is 5.91 Å². The summed E-state index contributed by atoms with van der Waals surface area (Å²) in [7, 11) is 1.55. The summed E-state index contributed by atoms with van der Waals surface area (Å²) >= 11 is 14.3. The number of ketones is 1. The molecule has 0 saturated carbocycles. The fourth-order valence-corrected chi connectivity index (χ4v) is 4.30. The number of aromatic nitrogens is 2. The third-order valence-corrected chi connectivity index (χ3v) is 6.04. The standard InChI is InChI=1S/C18H13Cl2N3O3S2/c1-26-12-4-2-3-10(7-12)15(24)9-27-18-23-22-17(28-18)21-16(25)13-6-5-11(19)8-14(13)20/h2-8H,9H2,1H3,(H,21,22,25). The minimum Gasteiger partial charge on any atom is -0.497 e. The highest BCUT2D eigenvalue weighted by atomic mass is 35.5. The van der Waals surface area contributed by atoms with Crippen molar-refractivity contribution in [2.45, 2.75) is 4.34 Å². The van der Waals surface area contributed by atoms with E-state index < -0.39 is 5.91 Å². The summed E-state index contributed by atoms with van der Waals surface area (Å²) in [6.07, 6.45) is 0. The van der Waals surface area contributed by atoms with Crippen molar-refractivity contribution < 1.29 is 14.3 Å². The third-order valence-electron chi connectivity index (χ3n) is 3.52. The number of thioether (sulfide) groups is 1. The van der Waals surface area contributed by atoms with Gasteiger partial charge in [0.15, 0.2) is 10.1 Å². The zero-order valence-corrected chi connectivity index (χ0v) is 17.6. The van der Waals surface area contributed by atoms with E-state index >= 15 is 0 Å². The van der Waals surface area contributed by atoms with Crippen LogP contribution in [0.4, 0.5) is 5.13 Å². The van der Waals surface area contributed by atoms with Gasteiger partial charge >= 0.3 is 0 Å². The van der Waals surface area contributed by atoms with Gasteiger partial charge in [0.2, 0.25) is 5.13 Å². The summed E-state index contributed by atoms with van der Waals surface area (Å²) in [5.41, 5.74) is 0.839. The predicted molar refractivity (Wildman–Crippen MR) is 112 cm³/mol. The van der Waals surface area contributed by atoms with Gasteiger partial charge in [-0.05, 0) is 30.3 Å². The molecule has 0 aliphatic carbocycles. The van der Waals surface area contributed by atoms with Gasteiger partial charge < -0.3 is 4.74 Å². The smallest absolute Gasteiger partial charge is 0.259 e. The molecular formula is C18H13Cl2N3O3S2. The molecule has 0 unspecified atom stereocenters. The molecule has 0 fully saturated rings. The molecule has 0 atom stereocenters. The molecule has 0 aliphatic heterocycles. The lowest BCUT2D eigenvalue weighted by Gasteiger charge is -2.03. The molecular weight excluding hydrogens is 441 g/mol. The van der Waals surface area contributed by atoms with Gasteiger partial charge in [0, 0.05) is 10.6 Å². The normalized spacial score (nSPS) is 10.5. The summed E-state index contributed by atoms with van der Waals surface area (Å²) in [5.74, 6) is 0.343. The number of ether oxygens (including phenoxy) is 1. The molecule has 0 spiro atoms. The number of halogens is 2. The van der Waals surface area contributed by atoms with Crippen molar-refractivity contribution in [3.05, 3.63) is 63.6 Å². The third kappa shape index (κ3) is 5.23. The van der Waals surface area contributed by atoms with Crippen molar-refractivity contribution >= 4 is 63.1 Å². The number of benzene rings is 2. The van der Waals surface area contributed by atoms with Crippen LogP contribution in [-0.4, -0.2) is 34.8 Å². The number of hydrogen-bond donors (Lipinski definition) is 1. The molecule has 10 heteroatoms. The molecule has 1 N–H and O–H groups in total. The van der Waals surface area contributed by atoms with Gasteiger partial charge in [-0.1, -0.05) is 58.4 Å². The van der Waals surface area contributed by atoms with E-state index in [0.717, 1.165) is 0 Å². The van der Waals surface area contributed by atoms with Crippen LogP contribution < -0.4 is 10.1 Å². The van der Waals surface area contributed by atoms with Gasteiger partial charge in [-0.2, -0.15) is 0 Å². The second kappa shape index (κ2) is 9.38. The van der Waals surface area contributed by atoms with Crippen molar-refractivity contribution in [1.82, 2.24) is 10.2 Å². The minimum atomic E-state index is -0.415. The van der Waals surface area contributed by atoms with E-state index in [2.05, 4.69) is 15.5 Å². The van der Waals surface area contributed by atoms with Crippen molar-refractivity contribution in [3.8, 4) is 5.75 Å². The molecule has 6 nitrogen and oxygen atoms in total. The van der Waals surface area contributed by atoms with Gasteiger partial charge in [-0.3, -0.25) is 14.9 Å². The number of rotatable bonds is 7. The van der Waals surface area contributed by atoms with Crippen LogP contribution in [0.5, 0.6) is 5.75 Å².